The van der Waals surface area contributed by atoms with Crippen LogP contribution in [0.5, 0.6) is 0 Å². The van der Waals surface area contributed by atoms with E-state index in [1.807, 2.05) is 32.9 Å². The van der Waals surface area contributed by atoms with Crippen molar-refractivity contribution in [1.29, 1.82) is 0 Å². The summed E-state index contributed by atoms with van der Waals surface area (Å²) < 4.78 is 1.63. The molecule has 2 aromatic rings. The van der Waals surface area contributed by atoms with Crippen molar-refractivity contribution in [3.8, 4) is 0 Å². The first-order chi connectivity index (χ1) is 8.89. The summed E-state index contributed by atoms with van der Waals surface area (Å²) in [6.45, 7) is 6.29. The van der Waals surface area contributed by atoms with Crippen LogP contribution in [-0.2, 0) is 12.0 Å². The number of hydrogen-bond acceptors (Lipinski definition) is 4. The first kappa shape index (κ1) is 13.2. The molecule has 2 heterocycles. The van der Waals surface area contributed by atoms with Crippen LogP contribution in [0, 0.1) is 0 Å². The van der Waals surface area contributed by atoms with E-state index in [0.717, 1.165) is 5.56 Å². The molecule has 2 rings (SSSR count). The third-order valence-electron chi connectivity index (χ3n) is 2.70. The molecule has 0 aliphatic carbocycles. The molecule has 0 aromatic carbocycles. The lowest BCUT2D eigenvalue weighted by Crippen LogP contribution is -2.22. The van der Waals surface area contributed by atoms with Crippen LogP contribution in [-0.4, -0.2) is 31.1 Å². The molecule has 2 aromatic heterocycles. The van der Waals surface area contributed by atoms with Crippen LogP contribution < -0.4 is 0 Å². The highest BCUT2D eigenvalue weighted by Gasteiger charge is 2.28. The summed E-state index contributed by atoms with van der Waals surface area (Å²) in [5.41, 5.74) is 1.23. The summed E-state index contributed by atoms with van der Waals surface area (Å²) in [5.74, 6) is -1.05. The molecule has 6 heteroatoms. The van der Waals surface area contributed by atoms with Gasteiger partial charge in [0.2, 0.25) is 0 Å². The maximum atomic E-state index is 11.2. The van der Waals surface area contributed by atoms with Crippen molar-refractivity contribution in [2.24, 2.45) is 0 Å². The number of aromatic nitrogens is 4. The van der Waals surface area contributed by atoms with Gasteiger partial charge in [0, 0.05) is 17.8 Å². The van der Waals surface area contributed by atoms with Crippen molar-refractivity contribution in [3.05, 3.63) is 41.5 Å². The van der Waals surface area contributed by atoms with Crippen LogP contribution in [0.4, 0.5) is 0 Å². The van der Waals surface area contributed by atoms with E-state index in [1.54, 1.807) is 17.1 Å². The van der Waals surface area contributed by atoms with E-state index in [9.17, 15) is 9.90 Å². The highest BCUT2D eigenvalue weighted by Crippen LogP contribution is 2.25. The molecule has 0 fully saturated rings. The average Bonchev–Trinajstić information content (AvgIpc) is 2.74. The molecule has 0 aliphatic heterocycles. The number of rotatable bonds is 3. The van der Waals surface area contributed by atoms with Gasteiger partial charge in [-0.2, -0.15) is 0 Å². The smallest absolute Gasteiger partial charge is 0.358 e. The highest BCUT2D eigenvalue weighted by atomic mass is 16.4. The molecular weight excluding hydrogens is 244 g/mol. The average molecular weight is 260 g/mol. The van der Waals surface area contributed by atoms with E-state index < -0.39 is 5.97 Å². The number of nitrogens with zero attached hydrogens (tertiary/aromatic N) is 4. The Bertz CT molecular complexity index is 584. The summed E-state index contributed by atoms with van der Waals surface area (Å²) in [4.78, 5) is 15.2. The van der Waals surface area contributed by atoms with Gasteiger partial charge in [-0.3, -0.25) is 4.98 Å². The van der Waals surface area contributed by atoms with Gasteiger partial charge in [0.25, 0.3) is 0 Å². The molecule has 6 nitrogen and oxygen atoms in total. The fraction of sp³-hybridized carbons (Fsp3) is 0.385. The van der Waals surface area contributed by atoms with Gasteiger partial charge in [-0.05, 0) is 11.6 Å². The van der Waals surface area contributed by atoms with Crippen molar-refractivity contribution in [2.45, 2.75) is 32.7 Å². The van der Waals surface area contributed by atoms with E-state index in [4.69, 9.17) is 0 Å². The predicted octanol–water partition coefficient (Wildman–Crippen LogP) is 1.72. The molecule has 0 radical (unpaired) electrons. The Labute approximate surface area is 111 Å². The van der Waals surface area contributed by atoms with E-state index in [-0.39, 0.29) is 11.1 Å². The molecule has 0 atom stereocenters. The summed E-state index contributed by atoms with van der Waals surface area (Å²) in [7, 11) is 0. The van der Waals surface area contributed by atoms with Crippen LogP contribution in [0.15, 0.2) is 24.5 Å². The molecule has 0 saturated heterocycles. The molecule has 0 saturated carbocycles. The van der Waals surface area contributed by atoms with Gasteiger partial charge in [-0.15, -0.1) is 5.10 Å². The summed E-state index contributed by atoms with van der Waals surface area (Å²) >= 11 is 0. The van der Waals surface area contributed by atoms with Gasteiger partial charge in [0.1, 0.15) is 0 Å². The first-order valence-corrected chi connectivity index (χ1v) is 5.96. The van der Waals surface area contributed by atoms with Gasteiger partial charge in [0.05, 0.1) is 12.2 Å². The van der Waals surface area contributed by atoms with E-state index in [2.05, 4.69) is 15.3 Å². The molecule has 1 N–H and O–H groups in total. The largest absolute Gasteiger partial charge is 0.476 e. The fourth-order valence-electron chi connectivity index (χ4n) is 1.97. The third kappa shape index (κ3) is 2.78. The van der Waals surface area contributed by atoms with Crippen molar-refractivity contribution in [1.82, 2.24) is 20.0 Å². The van der Waals surface area contributed by atoms with Crippen LogP contribution >= 0.6 is 0 Å². The minimum Gasteiger partial charge on any atom is -0.476 e. The second-order valence-corrected chi connectivity index (χ2v) is 5.36. The fourth-order valence-corrected chi connectivity index (χ4v) is 1.97. The van der Waals surface area contributed by atoms with E-state index in [1.165, 1.54) is 0 Å². The van der Waals surface area contributed by atoms with E-state index >= 15 is 0 Å². The predicted molar refractivity (Wildman–Crippen MR) is 69.0 cm³/mol. The van der Waals surface area contributed by atoms with Crippen molar-refractivity contribution >= 4 is 5.97 Å². The molecule has 0 amide bonds. The van der Waals surface area contributed by atoms with Crippen molar-refractivity contribution < 1.29 is 9.90 Å². The standard InChI is InChI=1S/C13H16N4O2/c1-13(2,3)11-10(12(18)19)15-16-17(11)8-9-5-4-6-14-7-9/h4-7H,8H2,1-3H3,(H,18,19). The molecule has 19 heavy (non-hydrogen) atoms. The first-order valence-electron chi connectivity index (χ1n) is 5.96. The molecule has 0 bridgehead atoms. The van der Waals surface area contributed by atoms with Crippen LogP contribution in [0.2, 0.25) is 0 Å². The van der Waals surface area contributed by atoms with Gasteiger partial charge >= 0.3 is 5.97 Å². The molecule has 100 valence electrons. The highest BCUT2D eigenvalue weighted by molar-refractivity contribution is 5.86. The Kier molecular flexibility index (Phi) is 3.33. The minimum absolute atomic E-state index is 0.0105. The summed E-state index contributed by atoms with van der Waals surface area (Å²) in [6.07, 6.45) is 3.42. The topological polar surface area (TPSA) is 80.9 Å². The summed E-state index contributed by atoms with van der Waals surface area (Å²) in [5, 5.41) is 16.9. The number of hydrogen-bond donors (Lipinski definition) is 1. The maximum absolute atomic E-state index is 11.2. The number of pyridine rings is 1. The summed E-state index contributed by atoms with van der Waals surface area (Å²) in [6, 6.07) is 3.75. The SMILES string of the molecule is CC(C)(C)c1c(C(=O)O)nnn1Cc1cccnc1. The zero-order valence-electron chi connectivity index (χ0n) is 11.2. The Hall–Kier alpha value is -2.24. The van der Waals surface area contributed by atoms with Gasteiger partial charge in [-0.1, -0.05) is 32.1 Å². The van der Waals surface area contributed by atoms with Crippen LogP contribution in [0.3, 0.4) is 0 Å². The van der Waals surface area contributed by atoms with Gasteiger partial charge in [-0.25, -0.2) is 9.48 Å². The number of carboxylic acid groups (broad SMARTS) is 1. The lowest BCUT2D eigenvalue weighted by Gasteiger charge is -2.20. The Balaban J connectivity index is 2.44. The van der Waals surface area contributed by atoms with Crippen molar-refractivity contribution in [2.75, 3.05) is 0 Å². The van der Waals surface area contributed by atoms with Gasteiger partial charge in [0.15, 0.2) is 5.69 Å². The monoisotopic (exact) mass is 260 g/mol. The minimum atomic E-state index is -1.05. The molecule has 0 aliphatic rings. The third-order valence-corrected chi connectivity index (χ3v) is 2.70. The maximum Gasteiger partial charge on any atom is 0.358 e. The Morgan fingerprint density at radius 2 is 2.16 bits per heavy atom. The Morgan fingerprint density at radius 1 is 1.42 bits per heavy atom. The quantitative estimate of drug-likeness (QED) is 0.908. The van der Waals surface area contributed by atoms with Crippen LogP contribution in [0.1, 0.15) is 42.5 Å². The second-order valence-electron chi connectivity index (χ2n) is 5.36. The van der Waals surface area contributed by atoms with Gasteiger partial charge < -0.3 is 5.11 Å². The van der Waals surface area contributed by atoms with Crippen LogP contribution in [0.25, 0.3) is 0 Å². The lowest BCUT2D eigenvalue weighted by molar-refractivity contribution is 0.0687. The number of aromatic carboxylic acids is 1. The Morgan fingerprint density at radius 3 is 2.68 bits per heavy atom. The number of carbonyl (C=O) groups is 1. The number of carboxylic acids is 1. The van der Waals surface area contributed by atoms with Crippen molar-refractivity contribution in [3.63, 3.8) is 0 Å². The zero-order valence-corrected chi connectivity index (χ0v) is 11.2. The molecule has 0 unspecified atom stereocenters. The van der Waals surface area contributed by atoms with E-state index in [0.29, 0.717) is 12.2 Å². The normalized spacial score (nSPS) is 11.5. The second kappa shape index (κ2) is 4.79. The zero-order chi connectivity index (χ0) is 14.0. The molecular formula is C13H16N4O2. The lowest BCUT2D eigenvalue weighted by atomic mass is 9.90. The molecule has 0 spiro atoms.